The van der Waals surface area contributed by atoms with Crippen LogP contribution in [-0.2, 0) is 9.53 Å². The third-order valence-corrected chi connectivity index (χ3v) is 1.16. The first-order valence-corrected chi connectivity index (χ1v) is 3.87. The Morgan fingerprint density at radius 1 is 1.50 bits per heavy atom. The largest absolute Gasteiger partial charge is 0.383 e. The maximum atomic E-state index is 10.9. The molecule has 0 atom stereocenters. The van der Waals surface area contributed by atoms with Gasteiger partial charge in [-0.05, 0) is 6.92 Å². The number of hydrogen-bond donors (Lipinski definition) is 1. The zero-order valence-electron chi connectivity index (χ0n) is 7.54. The van der Waals surface area contributed by atoms with Gasteiger partial charge >= 0.3 is 0 Å². The molecule has 12 heavy (non-hydrogen) atoms. The normalized spacial score (nSPS) is 11.2. The number of ether oxygens (including phenoxy) is 1. The van der Waals surface area contributed by atoms with Gasteiger partial charge in [-0.25, -0.2) is 0 Å². The molecule has 0 heterocycles. The number of allylic oxidation sites excluding steroid dienone is 3. The lowest BCUT2D eigenvalue weighted by Gasteiger charge is -1.98. The summed E-state index contributed by atoms with van der Waals surface area (Å²) < 4.78 is 4.77. The third kappa shape index (κ3) is 7.02. The van der Waals surface area contributed by atoms with Gasteiger partial charge in [0.05, 0.1) is 6.61 Å². The van der Waals surface area contributed by atoms with Crippen LogP contribution in [-0.4, -0.2) is 26.2 Å². The Bertz CT molecular complexity index is 173. The zero-order chi connectivity index (χ0) is 9.23. The molecule has 1 amide bonds. The Labute approximate surface area is 73.1 Å². The van der Waals surface area contributed by atoms with Crippen molar-refractivity contribution in [2.24, 2.45) is 0 Å². The van der Waals surface area contributed by atoms with Crippen molar-refractivity contribution in [1.29, 1.82) is 0 Å². The fourth-order valence-corrected chi connectivity index (χ4v) is 0.589. The minimum Gasteiger partial charge on any atom is -0.383 e. The molecule has 3 heteroatoms. The van der Waals surface area contributed by atoms with Gasteiger partial charge < -0.3 is 10.1 Å². The van der Waals surface area contributed by atoms with Crippen molar-refractivity contribution in [2.45, 2.75) is 6.92 Å². The van der Waals surface area contributed by atoms with E-state index in [2.05, 4.69) is 5.32 Å². The van der Waals surface area contributed by atoms with Crippen LogP contribution in [0.25, 0.3) is 0 Å². The van der Waals surface area contributed by atoms with E-state index < -0.39 is 0 Å². The monoisotopic (exact) mass is 169 g/mol. The van der Waals surface area contributed by atoms with E-state index in [9.17, 15) is 4.79 Å². The first-order valence-electron chi connectivity index (χ1n) is 3.87. The Hall–Kier alpha value is -1.09. The number of hydrogen-bond acceptors (Lipinski definition) is 2. The molecule has 0 aliphatic rings. The van der Waals surface area contributed by atoms with Gasteiger partial charge in [0.2, 0.25) is 5.91 Å². The summed E-state index contributed by atoms with van der Waals surface area (Å²) in [6.45, 7) is 2.99. The summed E-state index contributed by atoms with van der Waals surface area (Å²) in [6, 6.07) is 0. The first-order chi connectivity index (χ1) is 5.81. The third-order valence-electron chi connectivity index (χ3n) is 1.16. The molecule has 0 aliphatic heterocycles. The summed E-state index contributed by atoms with van der Waals surface area (Å²) in [5.41, 5.74) is 0. The fourth-order valence-electron chi connectivity index (χ4n) is 0.589. The van der Waals surface area contributed by atoms with Crippen molar-refractivity contribution >= 4 is 5.91 Å². The van der Waals surface area contributed by atoms with Crippen molar-refractivity contribution < 1.29 is 9.53 Å². The van der Waals surface area contributed by atoms with E-state index in [-0.39, 0.29) is 5.91 Å². The van der Waals surface area contributed by atoms with Crippen LogP contribution in [0.1, 0.15) is 6.92 Å². The Kier molecular flexibility index (Phi) is 7.28. The quantitative estimate of drug-likeness (QED) is 0.377. The minimum atomic E-state index is -0.0925. The van der Waals surface area contributed by atoms with Gasteiger partial charge in [0.15, 0.2) is 0 Å². The molecule has 0 saturated carbocycles. The predicted octanol–water partition coefficient (Wildman–Crippen LogP) is 0.881. The smallest absolute Gasteiger partial charge is 0.244 e. The summed E-state index contributed by atoms with van der Waals surface area (Å²) in [5.74, 6) is -0.0925. The highest BCUT2D eigenvalue weighted by Gasteiger charge is 1.90. The van der Waals surface area contributed by atoms with Crippen LogP contribution in [0.4, 0.5) is 0 Å². The molecule has 0 fully saturated rings. The van der Waals surface area contributed by atoms with Crippen LogP contribution >= 0.6 is 0 Å². The van der Waals surface area contributed by atoms with Gasteiger partial charge in [-0.2, -0.15) is 0 Å². The lowest BCUT2D eigenvalue weighted by atomic mass is 10.4. The van der Waals surface area contributed by atoms with Gasteiger partial charge in [-0.15, -0.1) is 0 Å². The van der Waals surface area contributed by atoms with Crippen molar-refractivity contribution in [3.8, 4) is 0 Å². The number of methoxy groups -OCH3 is 1. The second-order valence-electron chi connectivity index (χ2n) is 2.17. The van der Waals surface area contributed by atoms with Gasteiger partial charge in [0.1, 0.15) is 0 Å². The van der Waals surface area contributed by atoms with E-state index in [4.69, 9.17) is 4.74 Å². The molecular weight excluding hydrogens is 154 g/mol. The van der Waals surface area contributed by atoms with Crippen LogP contribution in [0.2, 0.25) is 0 Å². The average molecular weight is 169 g/mol. The number of rotatable bonds is 5. The number of carbonyl (C=O) groups excluding carboxylic acids is 1. The van der Waals surface area contributed by atoms with E-state index in [0.29, 0.717) is 13.2 Å². The molecule has 0 rings (SSSR count). The molecule has 0 aromatic heterocycles. The van der Waals surface area contributed by atoms with Gasteiger partial charge in [0.25, 0.3) is 0 Å². The molecule has 0 aliphatic carbocycles. The highest BCUT2D eigenvalue weighted by Crippen LogP contribution is 1.76. The minimum absolute atomic E-state index is 0.0925. The Morgan fingerprint density at radius 2 is 2.25 bits per heavy atom. The lowest BCUT2D eigenvalue weighted by molar-refractivity contribution is -0.116. The predicted molar refractivity (Wildman–Crippen MR) is 48.8 cm³/mol. The van der Waals surface area contributed by atoms with Crippen molar-refractivity contribution in [1.82, 2.24) is 5.32 Å². The fraction of sp³-hybridized carbons (Fsp3) is 0.444. The summed E-state index contributed by atoms with van der Waals surface area (Å²) in [4.78, 5) is 10.9. The average Bonchev–Trinajstić information content (AvgIpc) is 2.06. The first kappa shape index (κ1) is 10.9. The summed E-state index contributed by atoms with van der Waals surface area (Å²) in [5, 5.41) is 2.66. The lowest BCUT2D eigenvalue weighted by Crippen LogP contribution is -2.24. The molecule has 0 saturated heterocycles. The van der Waals surface area contributed by atoms with Crippen LogP contribution < -0.4 is 5.32 Å². The van der Waals surface area contributed by atoms with E-state index >= 15 is 0 Å². The van der Waals surface area contributed by atoms with Crippen LogP contribution in [0.5, 0.6) is 0 Å². The summed E-state index contributed by atoms with van der Waals surface area (Å²) in [7, 11) is 1.60. The van der Waals surface area contributed by atoms with Crippen LogP contribution in [0.3, 0.4) is 0 Å². The van der Waals surface area contributed by atoms with Crippen molar-refractivity contribution in [2.75, 3.05) is 20.3 Å². The Morgan fingerprint density at radius 3 is 2.83 bits per heavy atom. The van der Waals surface area contributed by atoms with E-state index in [1.807, 2.05) is 13.0 Å². The number of amides is 1. The highest BCUT2D eigenvalue weighted by molar-refractivity contribution is 5.87. The van der Waals surface area contributed by atoms with E-state index in [0.717, 1.165) is 0 Å². The highest BCUT2D eigenvalue weighted by atomic mass is 16.5. The van der Waals surface area contributed by atoms with Crippen LogP contribution in [0.15, 0.2) is 24.3 Å². The SMILES string of the molecule is C/C=C/C=C/C(=O)NCCOC. The molecule has 0 aromatic rings. The zero-order valence-corrected chi connectivity index (χ0v) is 7.54. The molecule has 0 radical (unpaired) electrons. The topological polar surface area (TPSA) is 38.3 Å². The molecule has 1 N–H and O–H groups in total. The molecule has 0 spiro atoms. The molecule has 3 nitrogen and oxygen atoms in total. The molecular formula is C9H15NO2. The number of carbonyl (C=O) groups is 1. The maximum absolute atomic E-state index is 10.9. The van der Waals surface area contributed by atoms with E-state index in [1.165, 1.54) is 6.08 Å². The van der Waals surface area contributed by atoms with Crippen LogP contribution in [0, 0.1) is 0 Å². The summed E-state index contributed by atoms with van der Waals surface area (Å²) >= 11 is 0. The summed E-state index contributed by atoms with van der Waals surface area (Å²) in [6.07, 6.45) is 6.84. The van der Waals surface area contributed by atoms with E-state index in [1.54, 1.807) is 19.3 Å². The number of nitrogens with one attached hydrogen (secondary N) is 1. The molecule has 0 aromatic carbocycles. The second kappa shape index (κ2) is 8.01. The van der Waals surface area contributed by atoms with Gasteiger partial charge in [-0.1, -0.05) is 18.2 Å². The standard InChI is InChI=1S/C9H15NO2/c1-3-4-5-6-9(11)10-7-8-12-2/h3-6H,7-8H2,1-2H3,(H,10,11)/b4-3+,6-5+. The Balaban J connectivity index is 3.45. The second-order valence-corrected chi connectivity index (χ2v) is 2.17. The van der Waals surface area contributed by atoms with Crippen molar-refractivity contribution in [3.05, 3.63) is 24.3 Å². The van der Waals surface area contributed by atoms with Crippen molar-refractivity contribution in [3.63, 3.8) is 0 Å². The molecule has 68 valence electrons. The van der Waals surface area contributed by atoms with Gasteiger partial charge in [-0.3, -0.25) is 4.79 Å². The molecule has 0 unspecified atom stereocenters. The maximum Gasteiger partial charge on any atom is 0.244 e. The molecule has 0 bridgehead atoms. The van der Waals surface area contributed by atoms with Gasteiger partial charge in [0, 0.05) is 19.7 Å².